The van der Waals surface area contributed by atoms with Gasteiger partial charge in [0.15, 0.2) is 0 Å². The lowest BCUT2D eigenvalue weighted by Gasteiger charge is -2.55. The van der Waals surface area contributed by atoms with E-state index in [-0.39, 0.29) is 29.7 Å². The van der Waals surface area contributed by atoms with E-state index in [0.29, 0.717) is 25.2 Å². The third-order valence-electron chi connectivity index (χ3n) is 8.54. The summed E-state index contributed by atoms with van der Waals surface area (Å²) in [4.78, 5) is 40.1. The normalized spacial score (nSPS) is 25.9. The van der Waals surface area contributed by atoms with Crippen molar-refractivity contribution in [1.29, 1.82) is 0 Å². The molecule has 36 heavy (non-hydrogen) atoms. The third-order valence-corrected chi connectivity index (χ3v) is 8.54. The number of hydrogen-bond donors (Lipinski definition) is 2. The van der Waals surface area contributed by atoms with Gasteiger partial charge in [-0.2, -0.15) is 0 Å². The van der Waals surface area contributed by atoms with E-state index in [2.05, 4.69) is 10.6 Å². The minimum Gasteiger partial charge on any atom is -0.352 e. The van der Waals surface area contributed by atoms with Crippen molar-refractivity contribution in [3.05, 3.63) is 71.3 Å². The molecule has 0 unspecified atom stereocenters. The van der Waals surface area contributed by atoms with Crippen LogP contribution >= 0.6 is 0 Å². The largest absolute Gasteiger partial charge is 0.352 e. The first kappa shape index (κ1) is 24.5. The van der Waals surface area contributed by atoms with Crippen molar-refractivity contribution in [2.45, 2.75) is 58.5 Å². The Labute approximate surface area is 213 Å². The molecule has 2 aromatic carbocycles. The Morgan fingerprint density at radius 3 is 2.03 bits per heavy atom. The van der Waals surface area contributed by atoms with E-state index in [1.54, 1.807) is 17.0 Å². The van der Waals surface area contributed by atoms with E-state index in [1.165, 1.54) is 19.3 Å². The lowest BCUT2D eigenvalue weighted by atomic mass is 9.49. The Hall–Kier alpha value is -3.15. The molecule has 2 N–H and O–H groups in total. The van der Waals surface area contributed by atoms with Crippen molar-refractivity contribution >= 4 is 17.7 Å². The molecule has 4 bridgehead atoms. The van der Waals surface area contributed by atoms with Crippen LogP contribution in [0, 0.1) is 23.2 Å². The van der Waals surface area contributed by atoms with E-state index in [4.69, 9.17) is 0 Å². The SMILES string of the molecule is CCN(Cc1ccccc1)C(=O)CNC(=O)c1ccc(CNC(=O)C23CC4CC(CC(C4)C2)C3)cc1. The fourth-order valence-corrected chi connectivity index (χ4v) is 7.08. The predicted octanol–water partition coefficient (Wildman–Crippen LogP) is 4.30. The number of carbonyl (C=O) groups is 3. The summed E-state index contributed by atoms with van der Waals surface area (Å²) in [6, 6.07) is 17.1. The van der Waals surface area contributed by atoms with Crippen LogP contribution in [-0.4, -0.2) is 35.7 Å². The molecule has 190 valence electrons. The minimum atomic E-state index is -0.275. The number of amides is 3. The molecule has 4 fully saturated rings. The highest BCUT2D eigenvalue weighted by Crippen LogP contribution is 2.60. The molecule has 0 saturated heterocycles. The molecular weight excluding hydrogens is 450 g/mol. The summed E-state index contributed by atoms with van der Waals surface area (Å²) in [6.07, 6.45) is 7.15. The van der Waals surface area contributed by atoms with Gasteiger partial charge in [-0.1, -0.05) is 42.5 Å². The summed E-state index contributed by atoms with van der Waals surface area (Å²) in [5.74, 6) is 2.07. The number of nitrogens with zero attached hydrogens (tertiary/aromatic N) is 1. The summed E-state index contributed by atoms with van der Waals surface area (Å²) in [7, 11) is 0. The molecule has 0 aliphatic heterocycles. The van der Waals surface area contributed by atoms with Crippen LogP contribution in [0.5, 0.6) is 0 Å². The zero-order valence-corrected chi connectivity index (χ0v) is 21.2. The summed E-state index contributed by atoms with van der Waals surface area (Å²) in [5, 5.41) is 5.94. The molecule has 4 aliphatic rings. The monoisotopic (exact) mass is 487 g/mol. The van der Waals surface area contributed by atoms with Crippen LogP contribution in [0.1, 0.15) is 66.9 Å². The maximum absolute atomic E-state index is 13.2. The van der Waals surface area contributed by atoms with E-state index in [9.17, 15) is 14.4 Å². The van der Waals surface area contributed by atoms with Gasteiger partial charge < -0.3 is 15.5 Å². The molecule has 0 aromatic heterocycles. The third kappa shape index (κ3) is 5.32. The van der Waals surface area contributed by atoms with Gasteiger partial charge in [0.25, 0.3) is 5.91 Å². The van der Waals surface area contributed by atoms with Crippen LogP contribution in [-0.2, 0) is 22.7 Å². The van der Waals surface area contributed by atoms with Gasteiger partial charge in [0.1, 0.15) is 0 Å². The molecule has 0 atom stereocenters. The van der Waals surface area contributed by atoms with Gasteiger partial charge in [-0.3, -0.25) is 14.4 Å². The second-order valence-corrected chi connectivity index (χ2v) is 11.2. The van der Waals surface area contributed by atoms with Crippen molar-refractivity contribution in [1.82, 2.24) is 15.5 Å². The summed E-state index contributed by atoms with van der Waals surface area (Å²) >= 11 is 0. The molecule has 2 aromatic rings. The summed E-state index contributed by atoms with van der Waals surface area (Å²) < 4.78 is 0. The van der Waals surface area contributed by atoms with E-state index in [1.807, 2.05) is 49.4 Å². The number of benzene rings is 2. The van der Waals surface area contributed by atoms with Crippen LogP contribution < -0.4 is 10.6 Å². The minimum absolute atomic E-state index is 0.0393. The lowest BCUT2D eigenvalue weighted by molar-refractivity contribution is -0.146. The zero-order chi connectivity index (χ0) is 25.1. The number of hydrogen-bond acceptors (Lipinski definition) is 3. The summed E-state index contributed by atoms with van der Waals surface area (Å²) in [5.41, 5.74) is 2.39. The van der Waals surface area contributed by atoms with E-state index in [0.717, 1.165) is 48.1 Å². The molecule has 3 amide bonds. The highest BCUT2D eigenvalue weighted by molar-refractivity contribution is 5.96. The van der Waals surface area contributed by atoms with E-state index < -0.39 is 0 Å². The van der Waals surface area contributed by atoms with Crippen LogP contribution in [0.4, 0.5) is 0 Å². The topological polar surface area (TPSA) is 78.5 Å². The molecule has 0 spiro atoms. The first-order chi connectivity index (χ1) is 17.4. The van der Waals surface area contributed by atoms with Gasteiger partial charge in [-0.15, -0.1) is 0 Å². The van der Waals surface area contributed by atoms with Crippen LogP contribution in [0.25, 0.3) is 0 Å². The molecule has 6 nitrogen and oxygen atoms in total. The first-order valence-electron chi connectivity index (χ1n) is 13.4. The average molecular weight is 488 g/mol. The Balaban J connectivity index is 1.09. The quantitative estimate of drug-likeness (QED) is 0.554. The fourth-order valence-electron chi connectivity index (χ4n) is 7.08. The van der Waals surface area contributed by atoms with Crippen molar-refractivity contribution in [3.8, 4) is 0 Å². The number of nitrogens with one attached hydrogen (secondary N) is 2. The number of likely N-dealkylation sites (N-methyl/N-ethyl adjacent to an activating group) is 1. The highest BCUT2D eigenvalue weighted by atomic mass is 16.2. The van der Waals surface area contributed by atoms with Crippen LogP contribution in [0.3, 0.4) is 0 Å². The van der Waals surface area contributed by atoms with Gasteiger partial charge in [-0.05, 0) is 86.5 Å². The summed E-state index contributed by atoms with van der Waals surface area (Å²) in [6.45, 7) is 3.47. The molecule has 4 saturated carbocycles. The molecular formula is C30H37N3O3. The van der Waals surface area contributed by atoms with Crippen molar-refractivity contribution in [2.75, 3.05) is 13.1 Å². The predicted molar refractivity (Wildman–Crippen MR) is 139 cm³/mol. The molecule has 6 rings (SSSR count). The molecule has 0 radical (unpaired) electrons. The smallest absolute Gasteiger partial charge is 0.251 e. The van der Waals surface area contributed by atoms with Crippen LogP contribution in [0.2, 0.25) is 0 Å². The maximum Gasteiger partial charge on any atom is 0.251 e. The van der Waals surface area contributed by atoms with Gasteiger partial charge in [0.05, 0.1) is 6.54 Å². The lowest BCUT2D eigenvalue weighted by Crippen LogP contribution is -2.53. The second kappa shape index (κ2) is 10.5. The average Bonchev–Trinajstić information content (AvgIpc) is 2.89. The zero-order valence-electron chi connectivity index (χ0n) is 21.2. The Morgan fingerprint density at radius 2 is 1.44 bits per heavy atom. The van der Waals surface area contributed by atoms with Gasteiger partial charge in [0, 0.05) is 30.6 Å². The molecule has 4 aliphatic carbocycles. The van der Waals surface area contributed by atoms with Crippen molar-refractivity contribution < 1.29 is 14.4 Å². The first-order valence-corrected chi connectivity index (χ1v) is 13.4. The number of rotatable bonds is 9. The van der Waals surface area contributed by atoms with Gasteiger partial charge in [-0.25, -0.2) is 0 Å². The Bertz CT molecular complexity index is 1060. The standard InChI is InChI=1S/C30H37N3O3/c1-2-33(20-22-6-4-3-5-7-22)27(34)19-31-28(35)26-10-8-21(9-11-26)18-32-29(36)30-15-23-12-24(16-30)14-25(13-23)17-30/h3-11,23-25H,2,12-20H2,1H3,(H,31,35)(H,32,36). The van der Waals surface area contributed by atoms with Crippen molar-refractivity contribution in [2.24, 2.45) is 23.2 Å². The maximum atomic E-state index is 13.2. The molecule has 6 heteroatoms. The van der Waals surface area contributed by atoms with E-state index >= 15 is 0 Å². The Morgan fingerprint density at radius 1 is 0.833 bits per heavy atom. The van der Waals surface area contributed by atoms with Crippen molar-refractivity contribution in [3.63, 3.8) is 0 Å². The van der Waals surface area contributed by atoms with Gasteiger partial charge in [0.2, 0.25) is 11.8 Å². The molecule has 0 heterocycles. The van der Waals surface area contributed by atoms with Crippen LogP contribution in [0.15, 0.2) is 54.6 Å². The Kier molecular flexibility index (Phi) is 7.13. The number of carbonyl (C=O) groups excluding carboxylic acids is 3. The second-order valence-electron chi connectivity index (χ2n) is 11.2. The highest BCUT2D eigenvalue weighted by Gasteiger charge is 2.54. The fraction of sp³-hybridized carbons (Fsp3) is 0.500. The van der Waals surface area contributed by atoms with Gasteiger partial charge >= 0.3 is 0 Å².